The van der Waals surface area contributed by atoms with Gasteiger partial charge in [0.1, 0.15) is 11.2 Å². The molecule has 6 aromatic rings. The summed E-state index contributed by atoms with van der Waals surface area (Å²) in [6.07, 6.45) is 0.914. The van der Waals surface area contributed by atoms with Gasteiger partial charge in [-0.25, -0.2) is 0 Å². The second-order valence-electron chi connectivity index (χ2n) is 7.03. The first-order valence-electron chi connectivity index (χ1n) is 9.15. The van der Waals surface area contributed by atoms with E-state index < -0.39 is 0 Å². The fraction of sp³-hybridized carbons (Fsp3) is 0.0400. The van der Waals surface area contributed by atoms with Crippen LogP contribution in [0, 0.1) is 0 Å². The first-order valence-corrected chi connectivity index (χ1v) is 9.97. The molecule has 0 saturated heterocycles. The number of benzene rings is 4. The van der Waals surface area contributed by atoms with Gasteiger partial charge < -0.3 is 4.42 Å². The van der Waals surface area contributed by atoms with Gasteiger partial charge in [0.25, 0.3) is 0 Å². The van der Waals surface area contributed by atoms with Gasteiger partial charge in [0, 0.05) is 30.9 Å². The highest BCUT2D eigenvalue weighted by Crippen LogP contribution is 2.35. The largest absolute Gasteiger partial charge is 0.456 e. The van der Waals surface area contributed by atoms with Crippen LogP contribution < -0.4 is 0 Å². The summed E-state index contributed by atoms with van der Waals surface area (Å²) in [7, 11) is 0. The maximum atomic E-state index is 6.04. The van der Waals surface area contributed by atoms with E-state index in [0.29, 0.717) is 0 Å². The molecule has 2 heteroatoms. The molecule has 0 unspecified atom stereocenters. The topological polar surface area (TPSA) is 13.1 Å². The first-order chi connectivity index (χ1) is 13.3. The van der Waals surface area contributed by atoms with Crippen molar-refractivity contribution < 1.29 is 4.42 Å². The van der Waals surface area contributed by atoms with Crippen LogP contribution in [0.25, 0.3) is 42.1 Å². The Bertz CT molecular complexity index is 1340. The average Bonchev–Trinajstić information content (AvgIpc) is 3.25. The van der Waals surface area contributed by atoms with E-state index in [1.54, 1.807) is 0 Å². The van der Waals surface area contributed by atoms with Gasteiger partial charge in [-0.2, -0.15) is 0 Å². The van der Waals surface area contributed by atoms with Gasteiger partial charge in [0.05, 0.1) is 0 Å². The zero-order valence-corrected chi connectivity index (χ0v) is 15.4. The van der Waals surface area contributed by atoms with E-state index in [-0.39, 0.29) is 0 Å². The van der Waals surface area contributed by atoms with Crippen LogP contribution in [0.1, 0.15) is 11.1 Å². The van der Waals surface area contributed by atoms with E-state index in [9.17, 15) is 0 Å². The molecule has 2 aromatic heterocycles. The smallest absolute Gasteiger partial charge is 0.135 e. The van der Waals surface area contributed by atoms with Crippen molar-refractivity contribution in [1.29, 1.82) is 0 Å². The van der Waals surface area contributed by atoms with Crippen molar-refractivity contribution in [3.8, 4) is 0 Å². The molecule has 0 atom stereocenters. The Kier molecular flexibility index (Phi) is 3.17. The lowest BCUT2D eigenvalue weighted by Gasteiger charge is -2.03. The third kappa shape index (κ3) is 2.37. The number of para-hydroxylation sites is 1. The van der Waals surface area contributed by atoms with Gasteiger partial charge in [-0.3, -0.25) is 0 Å². The van der Waals surface area contributed by atoms with Gasteiger partial charge in [-0.15, -0.1) is 11.3 Å². The highest BCUT2D eigenvalue weighted by Gasteiger charge is 2.09. The van der Waals surface area contributed by atoms with Crippen LogP contribution in [0.4, 0.5) is 0 Å². The zero-order chi connectivity index (χ0) is 17.8. The molecule has 4 aromatic carbocycles. The van der Waals surface area contributed by atoms with E-state index in [1.807, 2.05) is 23.5 Å². The number of hydrogen-bond acceptors (Lipinski definition) is 2. The van der Waals surface area contributed by atoms with Crippen LogP contribution in [0.15, 0.2) is 89.3 Å². The maximum Gasteiger partial charge on any atom is 0.135 e. The molecule has 6 rings (SSSR count). The van der Waals surface area contributed by atoms with Crippen LogP contribution in [-0.4, -0.2) is 0 Å². The second kappa shape index (κ2) is 5.70. The van der Waals surface area contributed by atoms with Gasteiger partial charge in [0.2, 0.25) is 0 Å². The second-order valence-corrected chi connectivity index (χ2v) is 8.12. The molecule has 0 bridgehead atoms. The minimum absolute atomic E-state index is 0.914. The Morgan fingerprint density at radius 2 is 1.22 bits per heavy atom. The SMILES string of the molecule is c1ccc2c(c1)oc1cc(Cc3ccc4c(c3)sc3ccccc34)ccc12. The van der Waals surface area contributed by atoms with Gasteiger partial charge in [0.15, 0.2) is 0 Å². The van der Waals surface area contributed by atoms with Crippen molar-refractivity contribution in [3.63, 3.8) is 0 Å². The van der Waals surface area contributed by atoms with Crippen molar-refractivity contribution in [2.45, 2.75) is 6.42 Å². The Morgan fingerprint density at radius 3 is 2.15 bits per heavy atom. The number of rotatable bonds is 2. The third-order valence-electron chi connectivity index (χ3n) is 5.29. The van der Waals surface area contributed by atoms with Gasteiger partial charge in [-0.1, -0.05) is 60.7 Å². The lowest BCUT2D eigenvalue weighted by molar-refractivity contribution is 0.668. The van der Waals surface area contributed by atoms with Crippen molar-refractivity contribution >= 4 is 53.4 Å². The van der Waals surface area contributed by atoms with E-state index in [1.165, 1.54) is 42.1 Å². The van der Waals surface area contributed by atoms with Crippen molar-refractivity contribution in [2.24, 2.45) is 0 Å². The molecular formula is C25H16OS. The number of thiophene rings is 1. The van der Waals surface area contributed by atoms with E-state index >= 15 is 0 Å². The molecule has 0 aliphatic rings. The zero-order valence-electron chi connectivity index (χ0n) is 14.6. The molecule has 0 saturated carbocycles. The summed E-state index contributed by atoms with van der Waals surface area (Å²) in [5.41, 5.74) is 4.54. The lowest BCUT2D eigenvalue weighted by Crippen LogP contribution is -1.87. The fourth-order valence-electron chi connectivity index (χ4n) is 4.00. The quantitative estimate of drug-likeness (QED) is 0.309. The van der Waals surface area contributed by atoms with Gasteiger partial charge >= 0.3 is 0 Å². The van der Waals surface area contributed by atoms with Crippen LogP contribution in [-0.2, 0) is 6.42 Å². The van der Waals surface area contributed by atoms with Crippen molar-refractivity contribution in [1.82, 2.24) is 0 Å². The van der Waals surface area contributed by atoms with Gasteiger partial charge in [-0.05, 0) is 41.8 Å². The predicted octanol–water partition coefficient (Wildman–Crippen LogP) is 7.54. The molecule has 0 N–H and O–H groups in total. The maximum absolute atomic E-state index is 6.04. The van der Waals surface area contributed by atoms with Crippen LogP contribution in [0.3, 0.4) is 0 Å². The summed E-state index contributed by atoms with van der Waals surface area (Å²) < 4.78 is 8.76. The van der Waals surface area contributed by atoms with Crippen LogP contribution in [0.2, 0.25) is 0 Å². The summed E-state index contributed by atoms with van der Waals surface area (Å²) in [5, 5.41) is 5.08. The van der Waals surface area contributed by atoms with E-state index in [2.05, 4.69) is 72.8 Å². The van der Waals surface area contributed by atoms with Crippen LogP contribution in [0.5, 0.6) is 0 Å². The molecule has 27 heavy (non-hydrogen) atoms. The summed E-state index contributed by atoms with van der Waals surface area (Å²) in [6.45, 7) is 0. The van der Waals surface area contributed by atoms with E-state index in [0.717, 1.165) is 17.6 Å². The Labute approximate surface area is 160 Å². The molecular weight excluding hydrogens is 348 g/mol. The summed E-state index contributed by atoms with van der Waals surface area (Å²) in [6, 6.07) is 30.3. The normalized spacial score (nSPS) is 11.9. The molecule has 1 nitrogen and oxygen atoms in total. The number of furan rings is 1. The lowest BCUT2D eigenvalue weighted by atomic mass is 10.0. The molecule has 128 valence electrons. The Morgan fingerprint density at radius 1 is 0.556 bits per heavy atom. The molecule has 0 aliphatic heterocycles. The Balaban J connectivity index is 1.42. The number of fused-ring (bicyclic) bond motifs is 6. The van der Waals surface area contributed by atoms with Crippen molar-refractivity contribution in [3.05, 3.63) is 96.1 Å². The minimum atomic E-state index is 0.914. The molecule has 0 spiro atoms. The molecule has 0 fully saturated rings. The minimum Gasteiger partial charge on any atom is -0.456 e. The predicted molar refractivity (Wildman–Crippen MR) is 116 cm³/mol. The standard InChI is InChI=1S/C25H16OS/c1-3-7-22-18(5-1)19-11-9-16(14-23(19)26-22)13-17-10-12-21-20-6-2-4-8-24(20)27-25(21)15-17/h1-12,14-15H,13H2. The molecule has 0 amide bonds. The first kappa shape index (κ1) is 15.0. The van der Waals surface area contributed by atoms with Crippen LogP contribution >= 0.6 is 11.3 Å². The summed E-state index contributed by atoms with van der Waals surface area (Å²) >= 11 is 1.87. The Hall–Kier alpha value is -3.10. The average molecular weight is 364 g/mol. The van der Waals surface area contributed by atoms with E-state index in [4.69, 9.17) is 4.42 Å². The molecule has 0 aliphatic carbocycles. The third-order valence-corrected chi connectivity index (χ3v) is 6.43. The number of hydrogen-bond donors (Lipinski definition) is 0. The molecule has 0 radical (unpaired) electrons. The fourth-order valence-corrected chi connectivity index (χ4v) is 5.17. The summed E-state index contributed by atoms with van der Waals surface area (Å²) in [5.74, 6) is 0. The van der Waals surface area contributed by atoms with Crippen molar-refractivity contribution in [2.75, 3.05) is 0 Å². The highest BCUT2D eigenvalue weighted by atomic mass is 32.1. The summed E-state index contributed by atoms with van der Waals surface area (Å²) in [4.78, 5) is 0. The molecule has 2 heterocycles. The highest BCUT2D eigenvalue weighted by molar-refractivity contribution is 7.25. The monoisotopic (exact) mass is 364 g/mol.